The van der Waals surface area contributed by atoms with Crippen LogP contribution in [-0.4, -0.2) is 50.1 Å². The molecule has 7 rings (SSSR count). The van der Waals surface area contributed by atoms with Gasteiger partial charge in [-0.15, -0.1) is 11.3 Å². The summed E-state index contributed by atoms with van der Waals surface area (Å²) in [5.74, 6) is -0.969. The maximum atomic E-state index is 10.5. The van der Waals surface area contributed by atoms with Crippen molar-refractivity contribution in [2.75, 3.05) is 0 Å². The van der Waals surface area contributed by atoms with Gasteiger partial charge in [0.2, 0.25) is 23.0 Å². The Morgan fingerprint density at radius 3 is 1.36 bits per heavy atom. The van der Waals surface area contributed by atoms with E-state index in [2.05, 4.69) is 0 Å². The monoisotopic (exact) mass is 905 g/mol. The summed E-state index contributed by atoms with van der Waals surface area (Å²) in [6, 6.07) is 21.1. The van der Waals surface area contributed by atoms with E-state index in [-0.39, 0.29) is 54.4 Å². The van der Waals surface area contributed by atoms with Gasteiger partial charge in [-0.3, -0.25) is 50.6 Å². The fraction of sp³-hybridized carbons (Fsp3) is 0.0588. The van der Waals surface area contributed by atoms with Gasteiger partial charge in [-0.2, -0.15) is 0 Å². The zero-order valence-corrected chi connectivity index (χ0v) is 33.9. The second-order valence-corrected chi connectivity index (χ2v) is 15.6. The van der Waals surface area contributed by atoms with Gasteiger partial charge in [0.25, 0.3) is 5.06 Å². The topological polar surface area (TPSA) is 317 Å². The van der Waals surface area contributed by atoms with Crippen LogP contribution in [0, 0.1) is 64.4 Å². The Morgan fingerprint density at radius 1 is 0.508 bits per heavy atom. The summed E-state index contributed by atoms with van der Waals surface area (Å²) in [5, 5.41) is 102. The molecule has 7 aromatic rings. The van der Waals surface area contributed by atoms with E-state index in [0.29, 0.717) is 16.0 Å². The van der Waals surface area contributed by atoms with Gasteiger partial charge in [-0.05, 0) is 25.0 Å². The van der Waals surface area contributed by atoms with Gasteiger partial charge in [0, 0.05) is 49.2 Å². The Balaban J connectivity index is 0.000000201. The fourth-order valence-corrected chi connectivity index (χ4v) is 7.92. The quantitative estimate of drug-likeness (QED) is 0.0733. The molecule has 25 heteroatoms. The second-order valence-electron chi connectivity index (χ2n) is 10.9. The molecule has 0 aliphatic carbocycles. The van der Waals surface area contributed by atoms with E-state index in [1.165, 1.54) is 22.9 Å². The van der Waals surface area contributed by atoms with Crippen LogP contribution in [-0.2, 0) is 0 Å². The van der Waals surface area contributed by atoms with Crippen LogP contribution in [0.5, 0.6) is 28.1 Å². The first-order valence-corrected chi connectivity index (χ1v) is 19.9. The molecule has 59 heavy (non-hydrogen) atoms. The zero-order chi connectivity index (χ0) is 44.0. The van der Waals surface area contributed by atoms with Crippen molar-refractivity contribution in [1.82, 2.24) is 0 Å². The SMILES string of the molecule is Cc1cc(O)c([N+](=O)[O-])s1.Cc1csc([N+](=O)[O-])c1O.O=[N+]([O-])c1cc(-c2ccccc2)sc1O.O=[N+]([O-])c1cscc1O.O=[N+]([O-])c1scc(-c2ccccc2)c1O. The maximum absolute atomic E-state index is 10.5. The molecule has 0 unspecified atom stereocenters. The molecule has 0 bridgehead atoms. The molecule has 0 aliphatic heterocycles. The molecular formula is C34H27N5O15S5. The van der Waals surface area contributed by atoms with Gasteiger partial charge < -0.3 is 25.5 Å². The maximum Gasteiger partial charge on any atom is 0.366 e. The van der Waals surface area contributed by atoms with E-state index >= 15 is 0 Å². The first-order chi connectivity index (χ1) is 27.8. The van der Waals surface area contributed by atoms with Gasteiger partial charge in [0.05, 0.1) is 30.0 Å². The largest absolute Gasteiger partial charge is 0.502 e. The number of thiophene rings is 5. The molecule has 2 aromatic carbocycles. The van der Waals surface area contributed by atoms with Gasteiger partial charge >= 0.3 is 26.4 Å². The smallest absolute Gasteiger partial charge is 0.366 e. The van der Waals surface area contributed by atoms with E-state index in [9.17, 15) is 60.8 Å². The minimum Gasteiger partial charge on any atom is -0.502 e. The van der Waals surface area contributed by atoms with Crippen molar-refractivity contribution in [2.45, 2.75) is 13.8 Å². The molecule has 0 saturated carbocycles. The van der Waals surface area contributed by atoms with Crippen LogP contribution in [0.1, 0.15) is 10.4 Å². The van der Waals surface area contributed by atoms with Crippen molar-refractivity contribution in [3.05, 3.63) is 155 Å². The summed E-state index contributed by atoms with van der Waals surface area (Å²) in [5.41, 5.74) is 2.24. The normalized spacial score (nSPS) is 9.86. The number of aromatic hydroxyl groups is 5. The first kappa shape index (κ1) is 46.3. The predicted molar refractivity (Wildman–Crippen MR) is 224 cm³/mol. The fourth-order valence-electron chi connectivity index (χ4n) is 4.13. The van der Waals surface area contributed by atoms with Gasteiger partial charge in [0.15, 0.2) is 0 Å². The summed E-state index contributed by atoms with van der Waals surface area (Å²) >= 11 is 4.95. The number of rotatable bonds is 7. The van der Waals surface area contributed by atoms with Crippen LogP contribution >= 0.6 is 56.7 Å². The molecule has 5 N–H and O–H groups in total. The molecule has 0 saturated heterocycles. The summed E-state index contributed by atoms with van der Waals surface area (Å²) in [6.45, 7) is 3.33. The van der Waals surface area contributed by atoms with E-state index in [1.807, 2.05) is 48.5 Å². The molecule has 0 fully saturated rings. The Kier molecular flexibility index (Phi) is 16.8. The Morgan fingerprint density at radius 2 is 1.02 bits per heavy atom. The van der Waals surface area contributed by atoms with E-state index in [4.69, 9.17) is 15.3 Å². The number of nitrogens with zero attached hydrogens (tertiary/aromatic N) is 5. The van der Waals surface area contributed by atoms with E-state index in [0.717, 1.165) is 72.7 Å². The molecule has 308 valence electrons. The lowest BCUT2D eigenvalue weighted by Crippen LogP contribution is -1.83. The highest BCUT2D eigenvalue weighted by molar-refractivity contribution is 7.17. The number of hydrogen-bond acceptors (Lipinski definition) is 20. The molecule has 5 aromatic heterocycles. The standard InChI is InChI=1S/2C10H7NO3S.2C5H5NO3S.C4H3NO3S/c12-10-8(11(13)14)6-9(15-10)7-4-2-1-3-5-7;12-9-8(6-15-10(9)11(13)14)7-4-2-1-3-5-7;1-3-2-10-5(4(3)7)6(8)9;1-3-2-4(7)5(10-3)6(8)9;6-4-2-9-1-3(4)5(7)8/h2*1-6,12H;2*2,7H,1H3;1-2,6H. The molecule has 0 radical (unpaired) electrons. The Bertz CT molecular complexity index is 2520. The van der Waals surface area contributed by atoms with Crippen molar-refractivity contribution in [1.29, 1.82) is 0 Å². The summed E-state index contributed by atoms with van der Waals surface area (Å²) in [4.78, 5) is 49.6. The predicted octanol–water partition coefficient (Wildman–Crippen LogP) is 10.8. The number of benzene rings is 2. The average molecular weight is 906 g/mol. The van der Waals surface area contributed by atoms with E-state index < -0.39 is 24.6 Å². The summed E-state index contributed by atoms with van der Waals surface area (Å²) in [6.07, 6.45) is 0. The second kappa shape index (κ2) is 21.5. The lowest BCUT2D eigenvalue weighted by Gasteiger charge is -1.96. The number of nitro groups is 5. The Hall–Kier alpha value is -7.06. The third-order valence-corrected chi connectivity index (χ3v) is 11.5. The van der Waals surface area contributed by atoms with Crippen LogP contribution in [0.2, 0.25) is 0 Å². The highest BCUT2D eigenvalue weighted by atomic mass is 32.1. The van der Waals surface area contributed by atoms with Crippen LogP contribution in [0.4, 0.5) is 26.4 Å². The average Bonchev–Trinajstić information content (AvgIpc) is 4.03. The van der Waals surface area contributed by atoms with Crippen molar-refractivity contribution in [3.8, 4) is 49.6 Å². The number of hydrogen-bond donors (Lipinski definition) is 5. The van der Waals surface area contributed by atoms with Crippen LogP contribution in [0.15, 0.2) is 94.3 Å². The van der Waals surface area contributed by atoms with Crippen molar-refractivity contribution in [3.63, 3.8) is 0 Å². The van der Waals surface area contributed by atoms with Gasteiger partial charge in [-0.1, -0.05) is 106 Å². The highest BCUT2D eigenvalue weighted by Gasteiger charge is 2.22. The molecule has 0 aliphatic rings. The van der Waals surface area contributed by atoms with Gasteiger partial charge in [0.1, 0.15) is 0 Å². The van der Waals surface area contributed by atoms with Crippen LogP contribution in [0.25, 0.3) is 21.6 Å². The third-order valence-electron chi connectivity index (χ3n) is 6.84. The zero-order valence-electron chi connectivity index (χ0n) is 29.8. The molecule has 0 atom stereocenters. The number of aryl methyl sites for hydroxylation is 2. The molecule has 0 spiro atoms. The van der Waals surface area contributed by atoms with Crippen molar-refractivity contribution in [2.24, 2.45) is 0 Å². The third kappa shape index (κ3) is 13.0. The van der Waals surface area contributed by atoms with Crippen LogP contribution in [0.3, 0.4) is 0 Å². The lowest BCUT2D eigenvalue weighted by atomic mass is 10.1. The van der Waals surface area contributed by atoms with Gasteiger partial charge in [-0.25, -0.2) is 0 Å². The minimum absolute atomic E-state index is 0.183. The van der Waals surface area contributed by atoms with Crippen LogP contribution < -0.4 is 0 Å². The summed E-state index contributed by atoms with van der Waals surface area (Å²) < 4.78 is 0. The first-order valence-electron chi connectivity index (χ1n) is 15.6. The Labute approximate surface area is 350 Å². The lowest BCUT2D eigenvalue weighted by molar-refractivity contribution is -0.385. The highest BCUT2D eigenvalue weighted by Crippen LogP contribution is 2.43. The molecule has 0 amide bonds. The molecule has 5 heterocycles. The molecular weight excluding hydrogens is 879 g/mol. The minimum atomic E-state index is -0.619. The summed E-state index contributed by atoms with van der Waals surface area (Å²) in [7, 11) is 0. The van der Waals surface area contributed by atoms with Crippen molar-refractivity contribution < 1.29 is 50.1 Å². The van der Waals surface area contributed by atoms with Crippen molar-refractivity contribution >= 4 is 83.1 Å². The molecule has 20 nitrogen and oxygen atoms in total. The van der Waals surface area contributed by atoms with E-state index in [1.54, 1.807) is 36.7 Å².